The normalized spacial score (nSPS) is 12.4. The van der Waals surface area contributed by atoms with Crippen molar-refractivity contribution < 1.29 is 142 Å². The summed E-state index contributed by atoms with van der Waals surface area (Å²) in [5, 5.41) is 2.65. The fraction of sp³-hybridized carbons (Fsp3) is 0. The second-order valence-electron chi connectivity index (χ2n) is 19.0. The van der Waals surface area contributed by atoms with Gasteiger partial charge in [0.25, 0.3) is 0 Å². The zero-order valence-electron chi connectivity index (χ0n) is 48.3. The Labute approximate surface area is 569 Å². The van der Waals surface area contributed by atoms with Crippen LogP contribution in [0, 0.1) is 0 Å². The minimum atomic E-state index is -4.81. The van der Waals surface area contributed by atoms with Crippen molar-refractivity contribution in [3.63, 3.8) is 0 Å². The van der Waals surface area contributed by atoms with Crippen LogP contribution < -0.4 is 47.7 Å². The Hall–Kier alpha value is -6.25. The third-order valence-electron chi connectivity index (χ3n) is 12.7. The van der Waals surface area contributed by atoms with Gasteiger partial charge in [-0.05, 0) is 164 Å². The summed E-state index contributed by atoms with van der Waals surface area (Å²) in [5.74, 6) is 0. The summed E-state index contributed by atoms with van der Waals surface area (Å²) < 4.78 is 310. The minimum absolute atomic E-state index is 0. The van der Waals surface area contributed by atoms with Crippen LogP contribution in [0.3, 0.4) is 0 Å². The van der Waals surface area contributed by atoms with Crippen molar-refractivity contribution >= 4 is 169 Å². The maximum atomic E-state index is 11.5. The first-order valence-electron chi connectivity index (χ1n) is 25.2. The Kier molecular flexibility index (Phi) is 26.6. The SMILES string of the molecule is O=S(=O)([O-])c1cccc([PH+](c2cccc(S(=O)(=O)[O-])c2)c2cccc(S(=O)(=O)[O-])c2)c1.O=S(=O)([O-])c1cccc([PH+](c2cccc(S(=O)(=O)[O-])c2)c2cccc(S(=O)(=O)[O-])c2)c1.O=S(=O)([O-])c1cccc([PH+](c2cccc(S(=O)(=O)[O-])c2)c2cccc(S(=O)(=O)[O-])c2)c1.[CH-]=O.[H-].[Rh]. The summed E-state index contributed by atoms with van der Waals surface area (Å²) >= 11 is 0. The summed E-state index contributed by atoms with van der Waals surface area (Å²) in [5.41, 5.74) is 0. The molecule has 0 amide bonds. The van der Waals surface area contributed by atoms with Gasteiger partial charge in [0.2, 0.25) is 0 Å². The molecule has 0 saturated heterocycles. The monoisotopic (exact) mass is 1630 g/mol. The maximum Gasteiger partial charge on any atom is 0.124 e. The van der Waals surface area contributed by atoms with E-state index in [1.807, 2.05) is 0 Å². The summed E-state index contributed by atoms with van der Waals surface area (Å²) in [6, 6.07) is 44.9. The molecular weight excluding hydrogens is 1590 g/mol. The molecule has 0 fully saturated rings. The zero-order valence-corrected chi connectivity index (χ0v) is 59.3. The molecule has 9 rings (SSSR count). The van der Waals surface area contributed by atoms with Crippen LogP contribution in [0.15, 0.2) is 262 Å². The van der Waals surface area contributed by atoms with E-state index in [9.17, 15) is 117 Å². The molecule has 0 atom stereocenters. The summed E-state index contributed by atoms with van der Waals surface area (Å²) in [6.07, 6.45) is 0. The van der Waals surface area contributed by atoms with Gasteiger partial charge in [-0.15, -0.1) is 0 Å². The topological polar surface area (TPSA) is 532 Å². The zero-order chi connectivity index (χ0) is 71.1. The summed E-state index contributed by atoms with van der Waals surface area (Å²) in [7, 11) is -50.3. The summed E-state index contributed by atoms with van der Waals surface area (Å²) in [4.78, 5) is 2.94. The molecule has 41 heteroatoms. The van der Waals surface area contributed by atoms with E-state index in [0.29, 0.717) is 47.7 Å². The van der Waals surface area contributed by atoms with Crippen molar-refractivity contribution in [2.75, 3.05) is 0 Å². The van der Waals surface area contributed by atoms with Crippen molar-refractivity contribution in [1.82, 2.24) is 0 Å². The van der Waals surface area contributed by atoms with E-state index < -0.39 is 159 Å². The first-order chi connectivity index (χ1) is 43.8. The number of carbonyl (C=O) groups excluding carboxylic acids is 1. The van der Waals surface area contributed by atoms with Gasteiger partial charge < -0.3 is 47.2 Å². The average Bonchev–Trinajstić information content (AvgIpc) is 0.795. The molecule has 0 aliphatic heterocycles. The smallest absolute Gasteiger partial charge is 0.124 e. The molecule has 0 aliphatic rings. The van der Waals surface area contributed by atoms with Crippen molar-refractivity contribution in [3.8, 4) is 0 Å². The van der Waals surface area contributed by atoms with Gasteiger partial charge in [-0.2, -0.15) is 0 Å². The van der Waals surface area contributed by atoms with Gasteiger partial charge in [-0.1, -0.05) is 54.6 Å². The Morgan fingerprint density at radius 1 is 0.198 bits per heavy atom. The van der Waals surface area contributed by atoms with Gasteiger partial charge in [0.15, 0.2) is 0 Å². The first-order valence-corrected chi connectivity index (χ1v) is 42.4. The van der Waals surface area contributed by atoms with Gasteiger partial charge in [-0.25, -0.2) is 75.8 Å². The van der Waals surface area contributed by atoms with Crippen molar-refractivity contribution in [3.05, 3.63) is 218 Å². The molecule has 96 heavy (non-hydrogen) atoms. The molecule has 0 heterocycles. The number of hydrogen-bond acceptors (Lipinski definition) is 28. The van der Waals surface area contributed by atoms with E-state index in [4.69, 9.17) is 4.79 Å². The summed E-state index contributed by atoms with van der Waals surface area (Å²) in [6.45, 7) is 3.25. The van der Waals surface area contributed by atoms with Gasteiger partial charge in [0.1, 0.15) is 139 Å². The largest absolute Gasteiger partial charge is 1.00 e. The maximum absolute atomic E-state index is 11.5. The second-order valence-corrected chi connectivity index (χ2v) is 38.8. The van der Waals surface area contributed by atoms with E-state index in [1.165, 1.54) is 109 Å². The van der Waals surface area contributed by atoms with Crippen molar-refractivity contribution in [2.24, 2.45) is 0 Å². The van der Waals surface area contributed by atoms with Gasteiger partial charge in [-0.3, -0.25) is 6.79 Å². The van der Waals surface area contributed by atoms with Crippen LogP contribution in [0.25, 0.3) is 0 Å². The Bertz CT molecular complexity index is 4430. The molecule has 1 radical (unpaired) electrons. The fourth-order valence-electron chi connectivity index (χ4n) is 8.76. The molecule has 0 aliphatic carbocycles. The molecule has 0 bridgehead atoms. The van der Waals surface area contributed by atoms with Crippen molar-refractivity contribution in [2.45, 2.75) is 44.1 Å². The fourth-order valence-corrected chi connectivity index (χ4v) is 22.4. The molecule has 515 valence electrons. The van der Waals surface area contributed by atoms with Crippen LogP contribution in [0.4, 0.5) is 0 Å². The molecule has 28 nitrogen and oxygen atoms in total. The average molecular weight is 1630 g/mol. The van der Waals surface area contributed by atoms with Crippen LogP contribution in [0.1, 0.15) is 1.43 Å². The van der Waals surface area contributed by atoms with Gasteiger partial charge in [0, 0.05) is 19.5 Å². The molecule has 0 aromatic heterocycles. The quantitative estimate of drug-likeness (QED) is 0.0344. The van der Waals surface area contributed by atoms with Gasteiger partial charge >= 0.3 is 0 Å². The van der Waals surface area contributed by atoms with Gasteiger partial charge in [0.05, 0.1) is 67.8 Å². The van der Waals surface area contributed by atoms with E-state index in [2.05, 4.69) is 6.79 Å². The standard InChI is InChI=1S/3C18H15O9PS3.CHO.Rh.H/c3*19-29(20,21)16-7-1-4-13(10-16)28(14-5-2-8-17(11-14)30(22,23)24)15-6-3-9-18(12-15)31(25,26)27;1-2;;/h3*1-12H,(H,19,20,21)(H,22,23,24)(H,25,26,27);1H;;/q;;;-1;;-1/p-6. The molecule has 0 unspecified atom stereocenters. The Morgan fingerprint density at radius 3 is 0.354 bits per heavy atom. The van der Waals surface area contributed by atoms with Crippen molar-refractivity contribution in [1.29, 1.82) is 0 Å². The molecule has 9 aromatic rings. The predicted molar refractivity (Wildman–Crippen MR) is 339 cm³/mol. The third-order valence-corrected chi connectivity index (χ3v) is 28.2. The Balaban J connectivity index is 0.000000302. The van der Waals surface area contributed by atoms with Crippen LogP contribution in [-0.4, -0.2) is 124 Å². The van der Waals surface area contributed by atoms with E-state index in [-0.39, 0.29) is 20.9 Å². The molecular formula is C55H41O28P3RhS9-8. The van der Waals surface area contributed by atoms with Crippen LogP contribution in [-0.2, 0) is 115 Å². The van der Waals surface area contributed by atoms with Crippen LogP contribution >= 0.6 is 23.8 Å². The second kappa shape index (κ2) is 31.7. The predicted octanol–water partition coefficient (Wildman–Crippen LogP) is -0.496. The molecule has 0 N–H and O–H groups in total. The van der Waals surface area contributed by atoms with E-state index in [0.717, 1.165) is 109 Å². The first kappa shape index (κ1) is 80.4. The number of rotatable bonds is 18. The molecule has 9 aromatic carbocycles. The van der Waals surface area contributed by atoms with E-state index >= 15 is 0 Å². The number of benzene rings is 9. The Morgan fingerprint density at radius 2 is 0.281 bits per heavy atom. The van der Waals surface area contributed by atoms with Crippen LogP contribution in [0.5, 0.6) is 0 Å². The third kappa shape index (κ3) is 21.9. The van der Waals surface area contributed by atoms with Crippen LogP contribution in [0.2, 0.25) is 0 Å². The minimum Gasteiger partial charge on any atom is -1.00 e. The van der Waals surface area contributed by atoms with E-state index in [1.54, 1.807) is 0 Å². The number of hydrogen-bond donors (Lipinski definition) is 0. The molecule has 0 saturated carbocycles. The molecule has 0 spiro atoms.